The second-order valence-corrected chi connectivity index (χ2v) is 6.86. The molecule has 4 rings (SSSR count). The van der Waals surface area contributed by atoms with Crippen LogP contribution in [-0.2, 0) is 0 Å². The number of pyridine rings is 1. The van der Waals surface area contributed by atoms with Gasteiger partial charge in [-0.2, -0.15) is 0 Å². The summed E-state index contributed by atoms with van der Waals surface area (Å²) in [5, 5.41) is 5.34. The van der Waals surface area contributed by atoms with E-state index in [1.165, 1.54) is 16.7 Å². The van der Waals surface area contributed by atoms with E-state index in [-0.39, 0.29) is 5.25 Å². The van der Waals surface area contributed by atoms with Gasteiger partial charge in [0.25, 0.3) is 0 Å². The van der Waals surface area contributed by atoms with Crippen molar-refractivity contribution in [3.8, 4) is 0 Å². The fourth-order valence-corrected chi connectivity index (χ4v) is 3.59. The number of aromatic amines is 1. The van der Waals surface area contributed by atoms with Gasteiger partial charge in [0, 0.05) is 18.6 Å². The lowest BCUT2D eigenvalue weighted by Crippen LogP contribution is -2.00. The number of hydrogen-bond acceptors (Lipinski definition) is 4. The van der Waals surface area contributed by atoms with E-state index >= 15 is 0 Å². The van der Waals surface area contributed by atoms with Gasteiger partial charge in [0.15, 0.2) is 5.65 Å². The summed E-state index contributed by atoms with van der Waals surface area (Å²) in [6.45, 7) is 4.14. The summed E-state index contributed by atoms with van der Waals surface area (Å²) >= 11 is 1.60. The Morgan fingerprint density at radius 1 is 1.08 bits per heavy atom. The quantitative estimate of drug-likeness (QED) is 0.574. The molecule has 120 valence electrons. The maximum absolute atomic E-state index is 4.64. The lowest BCUT2D eigenvalue weighted by molar-refractivity contribution is 0.879. The highest BCUT2D eigenvalue weighted by molar-refractivity contribution is 7.99. The van der Waals surface area contributed by atoms with Crippen LogP contribution in [0.25, 0.3) is 5.65 Å². The molecule has 0 saturated heterocycles. The highest BCUT2D eigenvalue weighted by Gasteiger charge is 2.20. The molecule has 3 heterocycles. The Morgan fingerprint density at radius 3 is 2.67 bits per heavy atom. The summed E-state index contributed by atoms with van der Waals surface area (Å²) in [6.07, 6.45) is 5.56. The van der Waals surface area contributed by atoms with E-state index in [0.29, 0.717) is 0 Å². The van der Waals surface area contributed by atoms with Crippen molar-refractivity contribution < 1.29 is 0 Å². The van der Waals surface area contributed by atoms with Crippen LogP contribution in [-0.4, -0.2) is 24.6 Å². The first-order chi connectivity index (χ1) is 11.7. The second-order valence-electron chi connectivity index (χ2n) is 5.78. The Bertz CT molecular complexity index is 957. The summed E-state index contributed by atoms with van der Waals surface area (Å²) in [6, 6.07) is 12.6. The second kappa shape index (κ2) is 6.13. The molecule has 0 bridgehead atoms. The summed E-state index contributed by atoms with van der Waals surface area (Å²) in [5.74, 6) is 0.902. The van der Waals surface area contributed by atoms with Crippen molar-refractivity contribution in [3.05, 3.63) is 77.5 Å². The van der Waals surface area contributed by atoms with E-state index < -0.39 is 0 Å². The van der Waals surface area contributed by atoms with E-state index in [4.69, 9.17) is 0 Å². The van der Waals surface area contributed by atoms with Gasteiger partial charge in [0.2, 0.25) is 5.16 Å². The summed E-state index contributed by atoms with van der Waals surface area (Å²) in [5.41, 5.74) is 4.45. The molecule has 0 spiro atoms. The monoisotopic (exact) mass is 335 g/mol. The zero-order chi connectivity index (χ0) is 16.5. The first-order valence-electron chi connectivity index (χ1n) is 7.74. The Morgan fingerprint density at radius 2 is 1.92 bits per heavy atom. The standard InChI is InChI=1S/C18H17N5S/c1-12-3-5-14(6-4-12)16(17-19-8-9-20-17)24-18-21-15-11-13(2)7-10-23(15)22-18/h3-11,16H,1-2H3,(H,19,20). The van der Waals surface area contributed by atoms with Gasteiger partial charge in [-0.3, -0.25) is 0 Å². The third kappa shape index (κ3) is 2.92. The van der Waals surface area contributed by atoms with Crippen molar-refractivity contribution >= 4 is 17.4 Å². The molecule has 0 aliphatic heterocycles. The largest absolute Gasteiger partial charge is 0.347 e. The van der Waals surface area contributed by atoms with E-state index in [1.807, 2.05) is 29.0 Å². The van der Waals surface area contributed by atoms with E-state index in [9.17, 15) is 0 Å². The van der Waals surface area contributed by atoms with Crippen molar-refractivity contribution in [2.75, 3.05) is 0 Å². The molecular weight excluding hydrogens is 318 g/mol. The molecule has 1 N–H and O–H groups in total. The fraction of sp³-hybridized carbons (Fsp3) is 0.167. The lowest BCUT2D eigenvalue weighted by Gasteiger charge is -2.13. The maximum Gasteiger partial charge on any atom is 0.210 e. The van der Waals surface area contributed by atoms with Crippen LogP contribution < -0.4 is 0 Å². The molecule has 1 unspecified atom stereocenters. The highest BCUT2D eigenvalue weighted by Crippen LogP contribution is 2.37. The van der Waals surface area contributed by atoms with Gasteiger partial charge in [-0.25, -0.2) is 14.5 Å². The number of aromatic nitrogens is 5. The topological polar surface area (TPSA) is 58.9 Å². The summed E-state index contributed by atoms with van der Waals surface area (Å²) in [7, 11) is 0. The van der Waals surface area contributed by atoms with Crippen molar-refractivity contribution in [1.82, 2.24) is 24.6 Å². The third-order valence-corrected chi connectivity index (χ3v) is 4.96. The predicted octanol–water partition coefficient (Wildman–Crippen LogP) is 3.95. The van der Waals surface area contributed by atoms with E-state index in [2.05, 4.69) is 58.2 Å². The fourth-order valence-electron chi connectivity index (χ4n) is 2.56. The first-order valence-corrected chi connectivity index (χ1v) is 8.62. The number of aryl methyl sites for hydroxylation is 2. The number of benzene rings is 1. The van der Waals surface area contributed by atoms with Crippen LogP contribution in [0.2, 0.25) is 0 Å². The molecule has 4 aromatic rings. The van der Waals surface area contributed by atoms with Gasteiger partial charge >= 0.3 is 0 Å². The lowest BCUT2D eigenvalue weighted by atomic mass is 10.1. The van der Waals surface area contributed by atoms with Crippen LogP contribution in [0.1, 0.15) is 27.8 Å². The number of imidazole rings is 1. The zero-order valence-corrected chi connectivity index (χ0v) is 14.3. The number of nitrogens with one attached hydrogen (secondary N) is 1. The molecule has 0 aliphatic rings. The minimum Gasteiger partial charge on any atom is -0.347 e. The molecule has 0 amide bonds. The molecule has 5 nitrogen and oxygen atoms in total. The number of hydrogen-bond donors (Lipinski definition) is 1. The van der Waals surface area contributed by atoms with Crippen LogP contribution in [0.5, 0.6) is 0 Å². The molecule has 24 heavy (non-hydrogen) atoms. The third-order valence-electron chi connectivity index (χ3n) is 3.84. The van der Waals surface area contributed by atoms with Crippen LogP contribution in [0.4, 0.5) is 0 Å². The van der Waals surface area contributed by atoms with Crippen LogP contribution in [0, 0.1) is 13.8 Å². The van der Waals surface area contributed by atoms with Gasteiger partial charge in [0.1, 0.15) is 5.82 Å². The first kappa shape index (κ1) is 15.0. The van der Waals surface area contributed by atoms with E-state index in [0.717, 1.165) is 16.6 Å². The van der Waals surface area contributed by atoms with Crippen molar-refractivity contribution in [2.24, 2.45) is 0 Å². The molecule has 0 radical (unpaired) electrons. The average molecular weight is 335 g/mol. The number of rotatable bonds is 4. The molecule has 0 saturated carbocycles. The minimum atomic E-state index is 0.0270. The number of fused-ring (bicyclic) bond motifs is 1. The Labute approximate surface area is 144 Å². The maximum atomic E-state index is 4.64. The van der Waals surface area contributed by atoms with Crippen molar-refractivity contribution in [2.45, 2.75) is 24.3 Å². The predicted molar refractivity (Wildman–Crippen MR) is 95.2 cm³/mol. The van der Waals surface area contributed by atoms with Gasteiger partial charge in [-0.1, -0.05) is 41.6 Å². The Kier molecular flexibility index (Phi) is 3.82. The SMILES string of the molecule is Cc1ccc(C(Sc2nc3cc(C)ccn3n2)c2ncc[nH]2)cc1. The van der Waals surface area contributed by atoms with Gasteiger partial charge in [-0.15, -0.1) is 5.10 Å². The highest BCUT2D eigenvalue weighted by atomic mass is 32.2. The molecular formula is C18H17N5S. The van der Waals surface area contributed by atoms with Crippen LogP contribution in [0.15, 0.2) is 60.1 Å². The molecule has 0 fully saturated rings. The Hall–Kier alpha value is -2.60. The van der Waals surface area contributed by atoms with Gasteiger partial charge < -0.3 is 4.98 Å². The van der Waals surface area contributed by atoms with Crippen molar-refractivity contribution in [3.63, 3.8) is 0 Å². The molecule has 3 aromatic heterocycles. The van der Waals surface area contributed by atoms with Crippen LogP contribution >= 0.6 is 11.8 Å². The summed E-state index contributed by atoms with van der Waals surface area (Å²) < 4.78 is 1.81. The normalized spacial score (nSPS) is 12.6. The van der Waals surface area contributed by atoms with Gasteiger partial charge in [-0.05, 0) is 37.1 Å². The summed E-state index contributed by atoms with van der Waals surface area (Å²) in [4.78, 5) is 12.3. The molecule has 1 atom stereocenters. The molecule has 6 heteroatoms. The average Bonchev–Trinajstić information content (AvgIpc) is 3.22. The van der Waals surface area contributed by atoms with Gasteiger partial charge in [0.05, 0.1) is 5.25 Å². The van der Waals surface area contributed by atoms with Crippen LogP contribution in [0.3, 0.4) is 0 Å². The number of thioether (sulfide) groups is 1. The van der Waals surface area contributed by atoms with Crippen molar-refractivity contribution in [1.29, 1.82) is 0 Å². The smallest absolute Gasteiger partial charge is 0.210 e. The molecule has 0 aliphatic carbocycles. The van der Waals surface area contributed by atoms with E-state index in [1.54, 1.807) is 18.0 Å². The molecule has 1 aromatic carbocycles. The Balaban J connectivity index is 1.71. The number of nitrogens with zero attached hydrogens (tertiary/aromatic N) is 4. The number of H-pyrrole nitrogens is 1. The zero-order valence-electron chi connectivity index (χ0n) is 13.5. The minimum absolute atomic E-state index is 0.0270.